The molecule has 0 atom stereocenters. The quantitative estimate of drug-likeness (QED) is 0.228. The third-order valence-electron chi connectivity index (χ3n) is 4.53. The first-order valence-electron chi connectivity index (χ1n) is 10.5. The Hall–Kier alpha value is -0.781. The predicted molar refractivity (Wildman–Crippen MR) is 124 cm³/mol. The minimum absolute atomic E-state index is 0.495. The van der Waals surface area contributed by atoms with Crippen LogP contribution >= 0.6 is 0 Å². The number of allylic oxidation sites excluding steroid dienone is 2. The van der Waals surface area contributed by atoms with Crippen LogP contribution in [0.1, 0.15) is 64.7 Å². The van der Waals surface area contributed by atoms with Crippen molar-refractivity contribution in [3.05, 3.63) is 71.2 Å². The molecule has 27 heavy (non-hydrogen) atoms. The molecular formula is C25H34Se2. The molecule has 0 fully saturated rings. The number of benzene rings is 2. The van der Waals surface area contributed by atoms with Crippen molar-refractivity contribution in [3.8, 4) is 0 Å². The summed E-state index contributed by atoms with van der Waals surface area (Å²) in [5, 5.41) is 1.33. The van der Waals surface area contributed by atoms with Gasteiger partial charge in [0, 0.05) is 0 Å². The molecule has 0 N–H and O–H groups in total. The second kappa shape index (κ2) is 15.2. The van der Waals surface area contributed by atoms with E-state index in [1.807, 2.05) is 0 Å². The summed E-state index contributed by atoms with van der Waals surface area (Å²) in [6, 6.07) is 22.1. The third kappa shape index (κ3) is 11.0. The van der Waals surface area contributed by atoms with Gasteiger partial charge >= 0.3 is 180 Å². The molecule has 0 spiro atoms. The predicted octanol–water partition coefficient (Wildman–Crippen LogP) is 5.88. The molecule has 0 heterocycles. The van der Waals surface area contributed by atoms with E-state index in [-0.39, 0.29) is 0 Å². The van der Waals surface area contributed by atoms with E-state index in [1.54, 1.807) is 4.47 Å². The first-order chi connectivity index (χ1) is 13.4. The molecule has 0 radical (unpaired) electrons. The van der Waals surface area contributed by atoms with Crippen molar-refractivity contribution in [2.24, 2.45) is 0 Å². The van der Waals surface area contributed by atoms with Crippen molar-refractivity contribution in [2.45, 2.75) is 70.0 Å². The second-order valence-corrected chi connectivity index (χ2v) is 11.9. The fraction of sp³-hybridized carbons (Fsp3) is 0.440. The topological polar surface area (TPSA) is 0 Å². The van der Waals surface area contributed by atoms with Crippen LogP contribution in [0.15, 0.2) is 71.2 Å². The van der Waals surface area contributed by atoms with Crippen LogP contribution in [0.4, 0.5) is 0 Å². The number of unbranched alkanes of at least 4 members (excludes halogenated alkanes) is 7. The Bertz CT molecular complexity index is 619. The van der Waals surface area contributed by atoms with E-state index in [9.17, 15) is 0 Å². The summed E-state index contributed by atoms with van der Waals surface area (Å²) >= 11 is 1.10. The second-order valence-electron chi connectivity index (χ2n) is 6.91. The van der Waals surface area contributed by atoms with E-state index >= 15 is 0 Å². The summed E-state index contributed by atoms with van der Waals surface area (Å²) in [4.78, 5) is 0. The monoisotopic (exact) mass is 494 g/mol. The molecule has 2 aromatic carbocycles. The van der Waals surface area contributed by atoms with E-state index in [2.05, 4.69) is 73.7 Å². The van der Waals surface area contributed by atoms with Crippen LogP contribution in [0.25, 0.3) is 0 Å². The van der Waals surface area contributed by atoms with Crippen LogP contribution in [-0.2, 0) is 0 Å². The Morgan fingerprint density at radius 2 is 1.33 bits per heavy atom. The maximum absolute atomic E-state index is 2.58. The molecule has 0 aliphatic heterocycles. The third-order valence-corrected chi connectivity index (χ3v) is 9.05. The van der Waals surface area contributed by atoms with Crippen molar-refractivity contribution in [2.75, 3.05) is 0 Å². The van der Waals surface area contributed by atoms with Crippen molar-refractivity contribution in [1.82, 2.24) is 0 Å². The van der Waals surface area contributed by atoms with Gasteiger partial charge in [-0.25, -0.2) is 0 Å². The molecule has 2 aromatic rings. The van der Waals surface area contributed by atoms with E-state index in [4.69, 9.17) is 0 Å². The standard InChI is InChI=1S/C25H34Se2/c1-2-3-4-5-6-7-8-11-20-25(27-24-18-14-10-15-19-24)21-22-26-23-16-12-9-13-17-23/h9-10,12-20H,2-8,11,21-22H2,1H3/b25-20+. The Morgan fingerprint density at radius 3 is 2.00 bits per heavy atom. The van der Waals surface area contributed by atoms with Gasteiger partial charge in [-0.05, 0) is 0 Å². The maximum atomic E-state index is 2.58. The molecule has 0 nitrogen and oxygen atoms in total. The van der Waals surface area contributed by atoms with Crippen LogP contribution in [0.5, 0.6) is 0 Å². The number of hydrogen-bond donors (Lipinski definition) is 0. The van der Waals surface area contributed by atoms with E-state index in [0.717, 1.165) is 0 Å². The van der Waals surface area contributed by atoms with Crippen molar-refractivity contribution < 1.29 is 0 Å². The molecule has 0 unspecified atom stereocenters. The normalized spacial score (nSPS) is 11.7. The van der Waals surface area contributed by atoms with Crippen LogP contribution in [0.2, 0.25) is 5.32 Å². The van der Waals surface area contributed by atoms with Gasteiger partial charge in [0.25, 0.3) is 0 Å². The SMILES string of the molecule is CCCCCCCCC/C=C(\CC[Se]c1ccccc1)[Se]c1ccccc1. The fourth-order valence-electron chi connectivity index (χ4n) is 2.99. The zero-order valence-electron chi connectivity index (χ0n) is 16.7. The molecule has 0 saturated carbocycles. The Labute approximate surface area is 179 Å². The number of rotatable bonds is 14. The Balaban J connectivity index is 1.76. The molecule has 0 saturated heterocycles. The van der Waals surface area contributed by atoms with Gasteiger partial charge in [-0.1, -0.05) is 0 Å². The zero-order valence-corrected chi connectivity index (χ0v) is 20.2. The molecule has 2 heteroatoms. The molecule has 0 amide bonds. The van der Waals surface area contributed by atoms with Gasteiger partial charge < -0.3 is 0 Å². The van der Waals surface area contributed by atoms with Crippen molar-refractivity contribution in [3.63, 3.8) is 0 Å². The molecule has 0 aliphatic carbocycles. The van der Waals surface area contributed by atoms with Gasteiger partial charge in [-0.2, -0.15) is 0 Å². The van der Waals surface area contributed by atoms with Gasteiger partial charge in [0.15, 0.2) is 0 Å². The first kappa shape index (κ1) is 22.5. The van der Waals surface area contributed by atoms with Crippen LogP contribution in [0.3, 0.4) is 0 Å². The summed E-state index contributed by atoms with van der Waals surface area (Å²) in [5.41, 5.74) is 0. The van der Waals surface area contributed by atoms with E-state index < -0.39 is 0 Å². The van der Waals surface area contributed by atoms with E-state index in [1.165, 1.54) is 72.0 Å². The Morgan fingerprint density at radius 1 is 0.741 bits per heavy atom. The molecule has 146 valence electrons. The van der Waals surface area contributed by atoms with E-state index in [0.29, 0.717) is 29.9 Å². The van der Waals surface area contributed by atoms with Crippen LogP contribution < -0.4 is 8.92 Å². The summed E-state index contributed by atoms with van der Waals surface area (Å²) in [5.74, 6) is 0. The molecule has 0 aliphatic rings. The summed E-state index contributed by atoms with van der Waals surface area (Å²) < 4.78 is 4.75. The van der Waals surface area contributed by atoms with Gasteiger partial charge in [0.1, 0.15) is 0 Å². The zero-order chi connectivity index (χ0) is 19.0. The fourth-order valence-corrected chi connectivity index (χ4v) is 7.64. The average Bonchev–Trinajstić information content (AvgIpc) is 2.71. The molecule has 0 aromatic heterocycles. The minimum atomic E-state index is 0.495. The average molecular weight is 492 g/mol. The number of hydrogen-bond acceptors (Lipinski definition) is 0. The molecular weight excluding hydrogens is 458 g/mol. The first-order valence-corrected chi connectivity index (χ1v) is 14.3. The van der Waals surface area contributed by atoms with Crippen LogP contribution in [-0.4, -0.2) is 29.9 Å². The van der Waals surface area contributed by atoms with Gasteiger partial charge in [0.05, 0.1) is 0 Å². The van der Waals surface area contributed by atoms with Gasteiger partial charge in [0.2, 0.25) is 0 Å². The van der Waals surface area contributed by atoms with Crippen LogP contribution in [0, 0.1) is 0 Å². The Kier molecular flexibility index (Phi) is 12.7. The summed E-state index contributed by atoms with van der Waals surface area (Å²) in [6.45, 7) is 2.29. The summed E-state index contributed by atoms with van der Waals surface area (Å²) in [6.07, 6.45) is 14.9. The van der Waals surface area contributed by atoms with Gasteiger partial charge in [-0.3, -0.25) is 0 Å². The van der Waals surface area contributed by atoms with Crippen molar-refractivity contribution in [1.29, 1.82) is 0 Å². The molecule has 0 bridgehead atoms. The summed E-state index contributed by atoms with van der Waals surface area (Å²) in [7, 11) is 0. The molecule has 2 rings (SSSR count). The van der Waals surface area contributed by atoms with Crippen molar-refractivity contribution >= 4 is 38.8 Å². The van der Waals surface area contributed by atoms with Gasteiger partial charge in [-0.15, -0.1) is 0 Å².